The van der Waals surface area contributed by atoms with Crippen molar-refractivity contribution in [3.8, 4) is 5.75 Å². The van der Waals surface area contributed by atoms with Crippen LogP contribution in [0.3, 0.4) is 0 Å². The molecule has 0 bridgehead atoms. The molecule has 2 atom stereocenters. The Morgan fingerprint density at radius 3 is 2.69 bits per heavy atom. The van der Waals surface area contributed by atoms with E-state index in [1.54, 1.807) is 23.1 Å². The maximum atomic E-state index is 12.1. The molecule has 2 rings (SSSR count). The zero-order chi connectivity index (χ0) is 11.7. The van der Waals surface area contributed by atoms with Crippen molar-refractivity contribution in [1.29, 1.82) is 0 Å². The highest BCUT2D eigenvalue weighted by Crippen LogP contribution is 2.22. The molecule has 1 saturated heterocycles. The predicted molar refractivity (Wildman–Crippen MR) is 61.1 cm³/mol. The highest BCUT2D eigenvalue weighted by molar-refractivity contribution is 5.97. The standard InChI is InChI=1S/C12H16N2O2/c1-8-6-14(7-10(8)13)12(16)9-4-2-3-5-11(9)15/h2-5,8,10,15H,6-7,13H2,1H3. The first-order chi connectivity index (χ1) is 7.59. The lowest BCUT2D eigenvalue weighted by Crippen LogP contribution is -2.32. The minimum absolute atomic E-state index is 0.0284. The molecule has 1 aliphatic heterocycles. The summed E-state index contributed by atoms with van der Waals surface area (Å²) in [7, 11) is 0. The van der Waals surface area contributed by atoms with E-state index in [4.69, 9.17) is 5.73 Å². The van der Waals surface area contributed by atoms with Crippen molar-refractivity contribution in [2.45, 2.75) is 13.0 Å². The summed E-state index contributed by atoms with van der Waals surface area (Å²) >= 11 is 0. The van der Waals surface area contributed by atoms with E-state index in [-0.39, 0.29) is 17.7 Å². The molecular formula is C12H16N2O2. The Morgan fingerprint density at radius 1 is 1.44 bits per heavy atom. The average Bonchev–Trinajstić information content (AvgIpc) is 2.59. The number of hydrogen-bond acceptors (Lipinski definition) is 3. The van der Waals surface area contributed by atoms with Gasteiger partial charge in [0.15, 0.2) is 0 Å². The van der Waals surface area contributed by atoms with Gasteiger partial charge in [-0.25, -0.2) is 0 Å². The van der Waals surface area contributed by atoms with E-state index >= 15 is 0 Å². The SMILES string of the molecule is CC1CN(C(=O)c2ccccc2O)CC1N. The molecule has 4 nitrogen and oxygen atoms in total. The molecule has 1 fully saturated rings. The summed E-state index contributed by atoms with van der Waals surface area (Å²) in [6.07, 6.45) is 0. The van der Waals surface area contributed by atoms with E-state index < -0.39 is 0 Å². The van der Waals surface area contributed by atoms with Gasteiger partial charge in [-0.15, -0.1) is 0 Å². The molecule has 1 aromatic carbocycles. The van der Waals surface area contributed by atoms with Gasteiger partial charge in [0.05, 0.1) is 5.56 Å². The molecule has 0 aliphatic carbocycles. The largest absolute Gasteiger partial charge is 0.507 e. The van der Waals surface area contributed by atoms with Gasteiger partial charge in [0.25, 0.3) is 5.91 Å². The number of phenolic OH excluding ortho intramolecular Hbond substituents is 1. The number of nitrogens with zero attached hydrogens (tertiary/aromatic N) is 1. The van der Waals surface area contributed by atoms with E-state index in [1.165, 1.54) is 6.07 Å². The van der Waals surface area contributed by atoms with Crippen LogP contribution in [0.2, 0.25) is 0 Å². The molecule has 1 aliphatic rings. The Bertz CT molecular complexity index is 396. The van der Waals surface area contributed by atoms with Crippen molar-refractivity contribution in [3.63, 3.8) is 0 Å². The van der Waals surface area contributed by atoms with Crippen LogP contribution >= 0.6 is 0 Å². The second-order valence-electron chi connectivity index (χ2n) is 4.37. The lowest BCUT2D eigenvalue weighted by Gasteiger charge is -2.16. The zero-order valence-corrected chi connectivity index (χ0v) is 9.26. The van der Waals surface area contributed by atoms with E-state index in [0.29, 0.717) is 24.6 Å². The minimum atomic E-state index is -0.141. The Labute approximate surface area is 94.7 Å². The summed E-state index contributed by atoms with van der Waals surface area (Å²) in [6.45, 7) is 3.26. The number of rotatable bonds is 1. The van der Waals surface area contributed by atoms with E-state index in [0.717, 1.165) is 0 Å². The van der Waals surface area contributed by atoms with Crippen LogP contribution in [-0.2, 0) is 0 Å². The number of aromatic hydroxyl groups is 1. The molecule has 0 aromatic heterocycles. The second kappa shape index (κ2) is 4.14. The number of para-hydroxylation sites is 1. The molecule has 2 unspecified atom stereocenters. The molecular weight excluding hydrogens is 204 g/mol. The zero-order valence-electron chi connectivity index (χ0n) is 9.26. The molecule has 3 N–H and O–H groups in total. The van der Waals surface area contributed by atoms with E-state index in [2.05, 4.69) is 0 Å². The number of hydrogen-bond donors (Lipinski definition) is 2. The number of nitrogens with two attached hydrogens (primary N) is 1. The number of amides is 1. The van der Waals surface area contributed by atoms with Crippen molar-refractivity contribution < 1.29 is 9.90 Å². The average molecular weight is 220 g/mol. The van der Waals surface area contributed by atoms with Crippen LogP contribution < -0.4 is 5.73 Å². The summed E-state index contributed by atoms with van der Waals surface area (Å²) in [6, 6.07) is 6.63. The molecule has 0 spiro atoms. The monoisotopic (exact) mass is 220 g/mol. The summed E-state index contributed by atoms with van der Waals surface area (Å²) in [5.41, 5.74) is 6.22. The highest BCUT2D eigenvalue weighted by Gasteiger charge is 2.31. The van der Waals surface area contributed by atoms with Gasteiger partial charge in [-0.3, -0.25) is 4.79 Å². The third-order valence-electron chi connectivity index (χ3n) is 3.09. The van der Waals surface area contributed by atoms with Gasteiger partial charge < -0.3 is 15.7 Å². The molecule has 1 amide bonds. The van der Waals surface area contributed by atoms with Crippen LogP contribution in [0.4, 0.5) is 0 Å². The maximum absolute atomic E-state index is 12.1. The van der Waals surface area contributed by atoms with Crippen LogP contribution in [-0.4, -0.2) is 35.0 Å². The molecule has 4 heteroatoms. The smallest absolute Gasteiger partial charge is 0.257 e. The fraction of sp³-hybridized carbons (Fsp3) is 0.417. The summed E-state index contributed by atoms with van der Waals surface area (Å²) in [5.74, 6) is 0.202. The first-order valence-electron chi connectivity index (χ1n) is 5.42. The van der Waals surface area contributed by atoms with Gasteiger partial charge in [-0.2, -0.15) is 0 Å². The second-order valence-corrected chi connectivity index (χ2v) is 4.37. The Balaban J connectivity index is 2.18. The normalized spacial score (nSPS) is 24.8. The number of carbonyl (C=O) groups excluding carboxylic acids is 1. The van der Waals surface area contributed by atoms with Gasteiger partial charge in [0.2, 0.25) is 0 Å². The number of benzene rings is 1. The third kappa shape index (κ3) is 1.88. The van der Waals surface area contributed by atoms with Crippen LogP contribution in [0.15, 0.2) is 24.3 Å². The number of carbonyl (C=O) groups is 1. The fourth-order valence-corrected chi connectivity index (χ4v) is 1.98. The van der Waals surface area contributed by atoms with Crippen LogP contribution in [0, 0.1) is 5.92 Å². The third-order valence-corrected chi connectivity index (χ3v) is 3.09. The van der Waals surface area contributed by atoms with E-state index in [9.17, 15) is 9.90 Å². The van der Waals surface area contributed by atoms with Gasteiger partial charge in [-0.05, 0) is 18.1 Å². The van der Waals surface area contributed by atoms with Crippen LogP contribution in [0.1, 0.15) is 17.3 Å². The van der Waals surface area contributed by atoms with Crippen LogP contribution in [0.25, 0.3) is 0 Å². The van der Waals surface area contributed by atoms with Gasteiger partial charge >= 0.3 is 0 Å². The van der Waals surface area contributed by atoms with Gasteiger partial charge in [0.1, 0.15) is 5.75 Å². The quantitative estimate of drug-likeness (QED) is 0.736. The molecule has 16 heavy (non-hydrogen) atoms. The Hall–Kier alpha value is -1.55. The summed E-state index contributed by atoms with van der Waals surface area (Å²) in [4.78, 5) is 13.8. The molecule has 0 saturated carbocycles. The van der Waals surface area contributed by atoms with Gasteiger partial charge in [-0.1, -0.05) is 19.1 Å². The van der Waals surface area contributed by atoms with Crippen molar-refractivity contribution in [1.82, 2.24) is 4.90 Å². The predicted octanol–water partition coefficient (Wildman–Crippen LogP) is 0.811. The fourth-order valence-electron chi connectivity index (χ4n) is 1.98. The van der Waals surface area contributed by atoms with Crippen molar-refractivity contribution >= 4 is 5.91 Å². The van der Waals surface area contributed by atoms with Crippen molar-refractivity contribution in [2.24, 2.45) is 11.7 Å². The number of phenols is 1. The first-order valence-corrected chi connectivity index (χ1v) is 5.42. The van der Waals surface area contributed by atoms with E-state index in [1.807, 2.05) is 6.92 Å². The Kier molecular flexibility index (Phi) is 2.83. The summed E-state index contributed by atoms with van der Waals surface area (Å²) in [5, 5.41) is 9.59. The highest BCUT2D eigenvalue weighted by atomic mass is 16.3. The number of likely N-dealkylation sites (tertiary alicyclic amines) is 1. The van der Waals surface area contributed by atoms with Crippen molar-refractivity contribution in [3.05, 3.63) is 29.8 Å². The topological polar surface area (TPSA) is 66.6 Å². The lowest BCUT2D eigenvalue weighted by atomic mass is 10.1. The van der Waals surface area contributed by atoms with Gasteiger partial charge in [0, 0.05) is 19.1 Å². The molecule has 1 heterocycles. The maximum Gasteiger partial charge on any atom is 0.257 e. The minimum Gasteiger partial charge on any atom is -0.507 e. The molecule has 86 valence electrons. The first kappa shape index (κ1) is 11.0. The summed E-state index contributed by atoms with van der Waals surface area (Å²) < 4.78 is 0. The van der Waals surface area contributed by atoms with Crippen molar-refractivity contribution in [2.75, 3.05) is 13.1 Å². The lowest BCUT2D eigenvalue weighted by molar-refractivity contribution is 0.0784. The molecule has 1 aromatic rings. The Morgan fingerprint density at radius 2 is 2.12 bits per heavy atom. The van der Waals surface area contributed by atoms with Crippen LogP contribution in [0.5, 0.6) is 5.75 Å². The molecule has 0 radical (unpaired) electrons.